The third-order valence-corrected chi connectivity index (χ3v) is 6.18. The molecule has 9 heteroatoms. The van der Waals surface area contributed by atoms with Crippen LogP contribution in [0.3, 0.4) is 0 Å². The Bertz CT molecular complexity index is 1170. The highest BCUT2D eigenvalue weighted by Crippen LogP contribution is 2.33. The molecule has 4 rings (SSSR count). The number of esters is 1. The second-order valence-corrected chi connectivity index (χ2v) is 8.26. The molecule has 9 nitrogen and oxygen atoms in total. The summed E-state index contributed by atoms with van der Waals surface area (Å²) in [7, 11) is 3.99. The minimum absolute atomic E-state index is 0.0809. The first-order valence-electron chi connectivity index (χ1n) is 11.2. The van der Waals surface area contributed by atoms with Crippen LogP contribution in [-0.4, -0.2) is 57.3 Å². The summed E-state index contributed by atoms with van der Waals surface area (Å²) in [5.74, 6) is 0.991. The fraction of sp³-hybridized carbons (Fsp3) is 0.458. The molecular weight excluding hydrogens is 422 g/mol. The summed E-state index contributed by atoms with van der Waals surface area (Å²) in [5, 5.41) is 9.10. The summed E-state index contributed by atoms with van der Waals surface area (Å²) in [6.45, 7) is 9.85. The van der Waals surface area contributed by atoms with Gasteiger partial charge in [-0.05, 0) is 46.9 Å². The Hall–Kier alpha value is -3.33. The summed E-state index contributed by atoms with van der Waals surface area (Å²) in [4.78, 5) is 14.9. The maximum Gasteiger partial charge on any atom is 0.341 e. The molecule has 1 aliphatic rings. The SMILES string of the molecule is CCOC(=O)c1cnn(-c2ccc3c(c2)OCCO3)c1CN(C)C(C)c1c(C)nn(C)c1C. The molecule has 3 aromatic rings. The summed E-state index contributed by atoms with van der Waals surface area (Å²) in [5.41, 5.74) is 5.30. The van der Waals surface area contributed by atoms with Gasteiger partial charge in [0, 0.05) is 37.0 Å². The van der Waals surface area contributed by atoms with Gasteiger partial charge in [-0.2, -0.15) is 10.2 Å². The minimum atomic E-state index is -0.383. The van der Waals surface area contributed by atoms with Crippen molar-refractivity contribution in [1.29, 1.82) is 0 Å². The van der Waals surface area contributed by atoms with E-state index < -0.39 is 0 Å². The van der Waals surface area contributed by atoms with Gasteiger partial charge >= 0.3 is 5.97 Å². The fourth-order valence-corrected chi connectivity index (χ4v) is 4.28. The summed E-state index contributed by atoms with van der Waals surface area (Å²) in [6.07, 6.45) is 1.57. The van der Waals surface area contributed by atoms with E-state index >= 15 is 0 Å². The topological polar surface area (TPSA) is 83.6 Å². The maximum atomic E-state index is 12.7. The van der Waals surface area contributed by atoms with Gasteiger partial charge in [0.2, 0.25) is 0 Å². The van der Waals surface area contributed by atoms with Crippen LogP contribution >= 0.6 is 0 Å². The number of hydrogen-bond donors (Lipinski definition) is 0. The van der Waals surface area contributed by atoms with E-state index in [2.05, 4.69) is 28.9 Å². The van der Waals surface area contributed by atoms with E-state index in [-0.39, 0.29) is 12.0 Å². The first-order chi connectivity index (χ1) is 15.8. The average Bonchev–Trinajstić information content (AvgIpc) is 3.32. The standard InChI is InChI=1S/C24H31N5O4/c1-7-31-24(30)19-13-25-29(18-8-9-21-22(12-18)33-11-10-32-21)20(19)14-27(5)16(3)23-15(2)26-28(6)17(23)4/h8-9,12-13,16H,7,10-11,14H2,1-6H3. The number of rotatable bonds is 7. The molecule has 1 aromatic carbocycles. The Morgan fingerprint density at radius 1 is 1.24 bits per heavy atom. The van der Waals surface area contributed by atoms with Crippen LogP contribution in [0.1, 0.15) is 52.9 Å². The van der Waals surface area contributed by atoms with Crippen molar-refractivity contribution in [2.75, 3.05) is 26.9 Å². The lowest BCUT2D eigenvalue weighted by Gasteiger charge is -2.26. The van der Waals surface area contributed by atoms with Gasteiger partial charge in [0.05, 0.1) is 29.9 Å². The molecule has 0 amide bonds. The van der Waals surface area contributed by atoms with Crippen molar-refractivity contribution in [2.24, 2.45) is 7.05 Å². The number of carbonyl (C=O) groups is 1. The molecule has 0 N–H and O–H groups in total. The molecule has 0 saturated heterocycles. The monoisotopic (exact) mass is 453 g/mol. The third-order valence-electron chi connectivity index (χ3n) is 6.18. The average molecular weight is 454 g/mol. The van der Waals surface area contributed by atoms with Crippen LogP contribution in [0.25, 0.3) is 5.69 Å². The molecule has 2 aromatic heterocycles. The van der Waals surface area contributed by atoms with Crippen molar-refractivity contribution in [3.63, 3.8) is 0 Å². The van der Waals surface area contributed by atoms with Crippen LogP contribution in [0.15, 0.2) is 24.4 Å². The number of carbonyl (C=O) groups excluding carboxylic acids is 1. The Labute approximate surface area is 193 Å². The Kier molecular flexibility index (Phi) is 6.42. The molecule has 1 atom stereocenters. The molecule has 176 valence electrons. The summed E-state index contributed by atoms with van der Waals surface area (Å²) >= 11 is 0. The fourth-order valence-electron chi connectivity index (χ4n) is 4.28. The predicted molar refractivity (Wildman–Crippen MR) is 123 cm³/mol. The van der Waals surface area contributed by atoms with Gasteiger partial charge < -0.3 is 14.2 Å². The van der Waals surface area contributed by atoms with Crippen molar-refractivity contribution in [3.8, 4) is 17.2 Å². The summed E-state index contributed by atoms with van der Waals surface area (Å²) in [6, 6.07) is 5.75. The Balaban J connectivity index is 1.71. The first kappa shape index (κ1) is 22.8. The number of fused-ring (bicyclic) bond motifs is 1. The van der Waals surface area contributed by atoms with E-state index in [1.54, 1.807) is 17.8 Å². The zero-order valence-corrected chi connectivity index (χ0v) is 20.1. The van der Waals surface area contributed by atoms with E-state index in [9.17, 15) is 4.79 Å². The number of hydrogen-bond acceptors (Lipinski definition) is 7. The van der Waals surface area contributed by atoms with Crippen molar-refractivity contribution in [1.82, 2.24) is 24.5 Å². The summed E-state index contributed by atoms with van der Waals surface area (Å²) < 4.78 is 20.4. The molecule has 0 radical (unpaired) electrons. The van der Waals surface area contributed by atoms with E-state index in [0.717, 1.165) is 22.8 Å². The van der Waals surface area contributed by atoms with Crippen molar-refractivity contribution < 1.29 is 19.0 Å². The number of ether oxygens (including phenoxy) is 3. The van der Waals surface area contributed by atoms with E-state index in [1.165, 1.54) is 5.56 Å². The normalized spacial score (nSPS) is 13.9. The molecule has 1 aliphatic heterocycles. The molecule has 0 bridgehead atoms. The van der Waals surface area contributed by atoms with Gasteiger partial charge in [-0.1, -0.05) is 0 Å². The van der Waals surface area contributed by atoms with Crippen LogP contribution in [-0.2, 0) is 18.3 Å². The van der Waals surface area contributed by atoms with Crippen molar-refractivity contribution in [3.05, 3.63) is 52.6 Å². The molecule has 0 fully saturated rings. The van der Waals surface area contributed by atoms with Gasteiger partial charge in [-0.25, -0.2) is 9.48 Å². The van der Waals surface area contributed by atoms with E-state index in [1.807, 2.05) is 43.9 Å². The second kappa shape index (κ2) is 9.27. The van der Waals surface area contributed by atoms with E-state index in [0.29, 0.717) is 43.4 Å². The Morgan fingerprint density at radius 3 is 2.64 bits per heavy atom. The number of nitrogens with zero attached hydrogens (tertiary/aromatic N) is 5. The predicted octanol–water partition coefficient (Wildman–Crippen LogP) is 3.36. The van der Waals surface area contributed by atoms with E-state index in [4.69, 9.17) is 14.2 Å². The highest BCUT2D eigenvalue weighted by Gasteiger charge is 2.26. The van der Waals surface area contributed by atoms with Gasteiger partial charge in [-0.15, -0.1) is 0 Å². The molecular formula is C24H31N5O4. The van der Waals surface area contributed by atoms with Crippen LogP contribution in [0, 0.1) is 13.8 Å². The molecule has 3 heterocycles. The minimum Gasteiger partial charge on any atom is -0.486 e. The largest absolute Gasteiger partial charge is 0.486 e. The molecule has 0 spiro atoms. The van der Waals surface area contributed by atoms with Crippen LogP contribution in [0.2, 0.25) is 0 Å². The quantitative estimate of drug-likeness (QED) is 0.507. The highest BCUT2D eigenvalue weighted by molar-refractivity contribution is 5.90. The van der Waals surface area contributed by atoms with Crippen LogP contribution in [0.4, 0.5) is 0 Å². The van der Waals surface area contributed by atoms with Gasteiger partial charge in [0.25, 0.3) is 0 Å². The molecule has 33 heavy (non-hydrogen) atoms. The molecule has 0 aliphatic carbocycles. The molecule has 0 saturated carbocycles. The zero-order valence-electron chi connectivity index (χ0n) is 20.1. The zero-order chi connectivity index (χ0) is 23.7. The molecule has 1 unspecified atom stereocenters. The van der Waals surface area contributed by atoms with Gasteiger partial charge in [0.15, 0.2) is 11.5 Å². The first-order valence-corrected chi connectivity index (χ1v) is 11.2. The Morgan fingerprint density at radius 2 is 1.97 bits per heavy atom. The van der Waals surface area contributed by atoms with Crippen LogP contribution in [0.5, 0.6) is 11.5 Å². The third kappa shape index (κ3) is 4.32. The maximum absolute atomic E-state index is 12.7. The van der Waals surface area contributed by atoms with Crippen molar-refractivity contribution in [2.45, 2.75) is 40.3 Å². The van der Waals surface area contributed by atoms with Gasteiger partial charge in [0.1, 0.15) is 18.8 Å². The lowest BCUT2D eigenvalue weighted by molar-refractivity contribution is 0.0523. The lowest BCUT2D eigenvalue weighted by atomic mass is 10.0. The van der Waals surface area contributed by atoms with Gasteiger partial charge in [-0.3, -0.25) is 9.58 Å². The highest BCUT2D eigenvalue weighted by atomic mass is 16.6. The smallest absolute Gasteiger partial charge is 0.341 e. The lowest BCUT2D eigenvalue weighted by Crippen LogP contribution is -2.25. The number of aromatic nitrogens is 4. The van der Waals surface area contributed by atoms with Crippen LogP contribution < -0.4 is 9.47 Å². The number of benzene rings is 1. The number of aryl methyl sites for hydroxylation is 2. The second-order valence-electron chi connectivity index (χ2n) is 8.26. The van der Waals surface area contributed by atoms with Crippen molar-refractivity contribution >= 4 is 5.97 Å².